The van der Waals surface area contributed by atoms with Crippen LogP contribution in [0.5, 0.6) is 5.75 Å². The summed E-state index contributed by atoms with van der Waals surface area (Å²) in [5.74, 6) is 0.0274. The molecule has 2 aliphatic heterocycles. The van der Waals surface area contributed by atoms with Gasteiger partial charge in [0.1, 0.15) is 18.5 Å². The van der Waals surface area contributed by atoms with Crippen molar-refractivity contribution in [3.8, 4) is 5.75 Å². The molecular weight excluding hydrogens is 446 g/mol. The zero-order chi connectivity index (χ0) is 22.0. The molecule has 0 bridgehead atoms. The maximum absolute atomic E-state index is 12.4. The van der Waals surface area contributed by atoms with E-state index in [0.717, 1.165) is 0 Å². The third-order valence-electron chi connectivity index (χ3n) is 4.91. The number of hydrogen-bond donors (Lipinski definition) is 1. The number of amides is 3. The molecule has 3 heterocycles. The average molecular weight is 466 g/mol. The number of cyclic esters (lactones) is 1. The number of thiophene rings is 1. The molecule has 1 aromatic heterocycles. The van der Waals surface area contributed by atoms with Gasteiger partial charge in [-0.05, 0) is 24.3 Å². The Bertz CT molecular complexity index is 1010. The number of halogens is 1. The molecule has 4 rings (SSSR count). The van der Waals surface area contributed by atoms with Crippen LogP contribution in [0, 0.1) is 0 Å². The molecular formula is C20H20ClN3O6S. The molecule has 1 N–H and O–H groups in total. The number of benzene rings is 1. The molecule has 0 aliphatic carbocycles. The van der Waals surface area contributed by atoms with Crippen molar-refractivity contribution < 1.29 is 28.6 Å². The van der Waals surface area contributed by atoms with Crippen LogP contribution in [0.1, 0.15) is 9.67 Å². The summed E-state index contributed by atoms with van der Waals surface area (Å²) in [4.78, 5) is 40.3. The van der Waals surface area contributed by atoms with Gasteiger partial charge in [-0.3, -0.25) is 14.5 Å². The molecule has 0 spiro atoms. The molecule has 2 saturated heterocycles. The second-order valence-corrected chi connectivity index (χ2v) is 8.60. The van der Waals surface area contributed by atoms with E-state index in [1.54, 1.807) is 35.2 Å². The van der Waals surface area contributed by atoms with Crippen molar-refractivity contribution in [1.82, 2.24) is 5.32 Å². The fourth-order valence-corrected chi connectivity index (χ4v) is 4.36. The first kappa shape index (κ1) is 21.4. The summed E-state index contributed by atoms with van der Waals surface area (Å²) in [5.41, 5.74) is 1.19. The van der Waals surface area contributed by atoms with Crippen molar-refractivity contribution >= 4 is 52.2 Å². The molecule has 0 radical (unpaired) electrons. The van der Waals surface area contributed by atoms with Crippen LogP contribution in [-0.4, -0.2) is 64.0 Å². The van der Waals surface area contributed by atoms with Crippen LogP contribution in [0.15, 0.2) is 30.3 Å². The van der Waals surface area contributed by atoms with Crippen LogP contribution < -0.4 is 19.9 Å². The number of hydrogen-bond acceptors (Lipinski definition) is 7. The van der Waals surface area contributed by atoms with E-state index in [4.69, 9.17) is 25.8 Å². The summed E-state index contributed by atoms with van der Waals surface area (Å²) in [6.45, 7) is 1.35. The molecule has 1 aromatic carbocycles. The number of morpholine rings is 1. The lowest BCUT2D eigenvalue weighted by atomic mass is 10.2. The number of methoxy groups -OCH3 is 1. The Morgan fingerprint density at radius 3 is 2.84 bits per heavy atom. The molecule has 2 fully saturated rings. The summed E-state index contributed by atoms with van der Waals surface area (Å²) in [6, 6.07) is 8.47. The third-order valence-corrected chi connectivity index (χ3v) is 6.14. The number of ether oxygens (including phenoxy) is 3. The van der Waals surface area contributed by atoms with Crippen LogP contribution >= 0.6 is 22.9 Å². The molecule has 1 atom stereocenters. The van der Waals surface area contributed by atoms with Gasteiger partial charge in [0, 0.05) is 18.3 Å². The highest BCUT2D eigenvalue weighted by Crippen LogP contribution is 2.35. The van der Waals surface area contributed by atoms with Crippen LogP contribution in [0.25, 0.3) is 0 Å². The van der Waals surface area contributed by atoms with Gasteiger partial charge in [0.05, 0.1) is 41.7 Å². The molecule has 11 heteroatoms. The second-order valence-electron chi connectivity index (χ2n) is 6.88. The predicted octanol–water partition coefficient (Wildman–Crippen LogP) is 2.53. The Morgan fingerprint density at radius 2 is 2.13 bits per heavy atom. The highest BCUT2D eigenvalue weighted by molar-refractivity contribution is 7.18. The predicted molar refractivity (Wildman–Crippen MR) is 115 cm³/mol. The zero-order valence-electron chi connectivity index (χ0n) is 16.6. The van der Waals surface area contributed by atoms with Crippen molar-refractivity contribution in [1.29, 1.82) is 0 Å². The molecule has 2 aliphatic rings. The minimum Gasteiger partial charge on any atom is -0.494 e. The van der Waals surface area contributed by atoms with Gasteiger partial charge in [-0.1, -0.05) is 11.6 Å². The van der Waals surface area contributed by atoms with E-state index in [9.17, 15) is 14.4 Å². The van der Waals surface area contributed by atoms with E-state index in [1.165, 1.54) is 23.3 Å². The summed E-state index contributed by atoms with van der Waals surface area (Å²) < 4.78 is 16.6. The van der Waals surface area contributed by atoms with E-state index < -0.39 is 12.2 Å². The minimum atomic E-state index is -0.535. The zero-order valence-corrected chi connectivity index (χ0v) is 18.2. The molecule has 164 valence electrons. The smallest absolute Gasteiger partial charge is 0.414 e. The van der Waals surface area contributed by atoms with E-state index >= 15 is 0 Å². The van der Waals surface area contributed by atoms with Crippen molar-refractivity contribution in [2.24, 2.45) is 0 Å². The Morgan fingerprint density at radius 1 is 1.29 bits per heavy atom. The van der Waals surface area contributed by atoms with Gasteiger partial charge >= 0.3 is 6.09 Å². The maximum atomic E-state index is 12.4. The van der Waals surface area contributed by atoms with Crippen LogP contribution in [-0.2, 0) is 14.3 Å². The summed E-state index contributed by atoms with van der Waals surface area (Å²) in [5, 5.41) is 2.75. The van der Waals surface area contributed by atoms with Crippen molar-refractivity contribution in [3.05, 3.63) is 39.5 Å². The van der Waals surface area contributed by atoms with Gasteiger partial charge in [0.15, 0.2) is 0 Å². The number of carbonyl (C=O) groups is 3. The third kappa shape index (κ3) is 4.60. The van der Waals surface area contributed by atoms with Crippen LogP contribution in [0.3, 0.4) is 0 Å². The lowest BCUT2D eigenvalue weighted by Crippen LogP contribution is -2.41. The fraction of sp³-hybridized carbons (Fsp3) is 0.350. The summed E-state index contributed by atoms with van der Waals surface area (Å²) in [7, 11) is 1.50. The molecule has 3 amide bonds. The number of anilines is 2. The Hall–Kier alpha value is -2.82. The van der Waals surface area contributed by atoms with Crippen molar-refractivity contribution in [2.75, 3.05) is 49.8 Å². The lowest BCUT2D eigenvalue weighted by molar-refractivity contribution is -0.125. The van der Waals surface area contributed by atoms with E-state index in [2.05, 4.69) is 5.32 Å². The Balaban J connectivity index is 1.43. The standard InChI is InChI=1S/C20H20ClN3O6S/c1-28-15-8-12(23-6-7-29-11-18(23)25)2-3-14(15)24-10-13(30-20(24)27)9-22-19(26)16-4-5-17(21)31-16/h2-5,8,13H,6-7,9-11H2,1H3,(H,22,26)/t13-/m0/s1. The van der Waals surface area contributed by atoms with Crippen LogP contribution in [0.2, 0.25) is 4.34 Å². The summed E-state index contributed by atoms with van der Waals surface area (Å²) in [6.07, 6.45) is -1.05. The van der Waals surface area contributed by atoms with Crippen LogP contribution in [0.4, 0.5) is 16.2 Å². The highest BCUT2D eigenvalue weighted by Gasteiger charge is 2.34. The van der Waals surface area contributed by atoms with Crippen molar-refractivity contribution in [3.63, 3.8) is 0 Å². The average Bonchev–Trinajstić information content (AvgIpc) is 3.37. The highest BCUT2D eigenvalue weighted by atomic mass is 35.5. The monoisotopic (exact) mass is 465 g/mol. The Labute approximate surface area is 187 Å². The number of carbonyl (C=O) groups excluding carboxylic acids is 3. The topological polar surface area (TPSA) is 97.4 Å². The second kappa shape index (κ2) is 9.13. The first-order valence-corrected chi connectivity index (χ1v) is 10.7. The minimum absolute atomic E-state index is 0.0353. The molecule has 0 saturated carbocycles. The number of nitrogens with one attached hydrogen (secondary N) is 1. The maximum Gasteiger partial charge on any atom is 0.414 e. The molecule has 31 heavy (non-hydrogen) atoms. The number of nitrogens with zero attached hydrogens (tertiary/aromatic N) is 2. The quantitative estimate of drug-likeness (QED) is 0.704. The molecule has 2 aromatic rings. The summed E-state index contributed by atoms with van der Waals surface area (Å²) >= 11 is 7.04. The normalized spacial score (nSPS) is 18.8. The first-order chi connectivity index (χ1) is 15.0. The number of rotatable bonds is 6. The van der Waals surface area contributed by atoms with Gasteiger partial charge in [-0.2, -0.15) is 0 Å². The fourth-order valence-electron chi connectivity index (χ4n) is 3.40. The SMILES string of the molecule is COc1cc(N2CCOCC2=O)ccc1N1C[C@H](CNC(=O)c2ccc(Cl)s2)OC1=O. The molecule has 9 nitrogen and oxygen atoms in total. The first-order valence-electron chi connectivity index (χ1n) is 9.54. The van der Waals surface area contributed by atoms with Gasteiger partial charge in [-0.15, -0.1) is 11.3 Å². The van der Waals surface area contributed by atoms with Crippen molar-refractivity contribution in [2.45, 2.75) is 6.10 Å². The van der Waals surface area contributed by atoms with Gasteiger partial charge in [0.25, 0.3) is 11.8 Å². The van der Waals surface area contributed by atoms with Gasteiger partial charge in [0.2, 0.25) is 0 Å². The van der Waals surface area contributed by atoms with E-state index in [-0.39, 0.29) is 31.5 Å². The van der Waals surface area contributed by atoms with Gasteiger partial charge in [-0.25, -0.2) is 4.79 Å². The largest absolute Gasteiger partial charge is 0.494 e. The lowest BCUT2D eigenvalue weighted by Gasteiger charge is -2.28. The van der Waals surface area contributed by atoms with Gasteiger partial charge < -0.3 is 24.4 Å². The Kier molecular flexibility index (Phi) is 6.30. The van der Waals surface area contributed by atoms with E-state index in [1.807, 2.05) is 0 Å². The van der Waals surface area contributed by atoms with E-state index in [0.29, 0.717) is 39.5 Å². The molecule has 0 unspecified atom stereocenters.